The quantitative estimate of drug-likeness (QED) is 0.748. The van der Waals surface area contributed by atoms with Crippen LogP contribution in [0, 0.1) is 5.92 Å². The summed E-state index contributed by atoms with van der Waals surface area (Å²) in [5.41, 5.74) is 0. The fraction of sp³-hybridized carbons (Fsp3) is 0.556. The van der Waals surface area contributed by atoms with E-state index in [9.17, 15) is 0 Å². The van der Waals surface area contributed by atoms with E-state index in [4.69, 9.17) is 16.3 Å². The molecule has 0 aromatic carbocycles. The molecule has 0 N–H and O–H groups in total. The molecule has 0 radical (unpaired) electrons. The number of rotatable bonds is 3. The summed E-state index contributed by atoms with van der Waals surface area (Å²) in [7, 11) is 0. The molecule has 0 bridgehead atoms. The molecule has 0 unspecified atom stereocenters. The van der Waals surface area contributed by atoms with Crippen molar-refractivity contribution in [3.05, 3.63) is 17.5 Å². The van der Waals surface area contributed by atoms with Crippen LogP contribution < -0.4 is 4.74 Å². The number of halogens is 1. The van der Waals surface area contributed by atoms with Crippen LogP contribution in [-0.2, 0) is 0 Å². The van der Waals surface area contributed by atoms with Crippen LogP contribution in [0.5, 0.6) is 5.88 Å². The average molecular weight is 199 g/mol. The topological polar surface area (TPSA) is 35.0 Å². The van der Waals surface area contributed by atoms with Gasteiger partial charge in [0.25, 0.3) is 5.88 Å². The van der Waals surface area contributed by atoms with E-state index >= 15 is 0 Å². The number of ether oxygens (including phenoxy) is 1. The number of nitrogens with zero attached hydrogens (tertiary/aromatic N) is 2. The van der Waals surface area contributed by atoms with Crippen molar-refractivity contribution < 1.29 is 4.74 Å². The molecule has 1 aromatic heterocycles. The summed E-state index contributed by atoms with van der Waals surface area (Å²) >= 11 is 5.77. The van der Waals surface area contributed by atoms with Gasteiger partial charge in [-0.2, -0.15) is 0 Å². The van der Waals surface area contributed by atoms with Gasteiger partial charge >= 0.3 is 0 Å². The Labute approximate surface area is 82.1 Å². The van der Waals surface area contributed by atoms with Gasteiger partial charge in [-0.05, 0) is 18.8 Å². The fourth-order valence-corrected chi connectivity index (χ4v) is 1.42. The number of hydrogen-bond acceptors (Lipinski definition) is 3. The van der Waals surface area contributed by atoms with Crippen LogP contribution in [0.15, 0.2) is 12.4 Å². The second-order valence-corrected chi connectivity index (χ2v) is 3.62. The van der Waals surface area contributed by atoms with Gasteiger partial charge in [-0.1, -0.05) is 18.0 Å². The van der Waals surface area contributed by atoms with Gasteiger partial charge in [0.2, 0.25) is 0 Å². The summed E-state index contributed by atoms with van der Waals surface area (Å²) in [6, 6.07) is 0. The molecule has 1 aliphatic rings. The molecule has 0 saturated heterocycles. The molecule has 0 spiro atoms. The smallest absolute Gasteiger partial charge is 0.252 e. The van der Waals surface area contributed by atoms with E-state index in [-0.39, 0.29) is 0 Å². The molecule has 13 heavy (non-hydrogen) atoms. The molecule has 1 aromatic rings. The van der Waals surface area contributed by atoms with Crippen molar-refractivity contribution in [2.75, 3.05) is 6.61 Å². The van der Waals surface area contributed by atoms with Gasteiger partial charge in [-0.15, -0.1) is 0 Å². The molecule has 1 fully saturated rings. The van der Waals surface area contributed by atoms with Crippen LogP contribution in [0.4, 0.5) is 0 Å². The summed E-state index contributed by atoms with van der Waals surface area (Å²) in [5, 5.41) is 0.349. The van der Waals surface area contributed by atoms with E-state index in [2.05, 4.69) is 9.97 Å². The summed E-state index contributed by atoms with van der Waals surface area (Å²) in [6.07, 6.45) is 6.98. The molecule has 70 valence electrons. The van der Waals surface area contributed by atoms with Crippen LogP contribution in [0.3, 0.4) is 0 Å². The Kier molecular flexibility index (Phi) is 2.64. The Morgan fingerprint density at radius 1 is 1.38 bits per heavy atom. The first kappa shape index (κ1) is 8.75. The second-order valence-electron chi connectivity index (χ2n) is 3.26. The third-order valence-corrected chi connectivity index (χ3v) is 2.56. The lowest BCUT2D eigenvalue weighted by atomic mass is 9.86. The first-order valence-corrected chi connectivity index (χ1v) is 4.83. The largest absolute Gasteiger partial charge is 0.475 e. The standard InChI is InChI=1S/C9H11ClN2O/c10-8-9(12-5-4-11-8)13-6-7-2-1-3-7/h4-5,7H,1-3,6H2. The van der Waals surface area contributed by atoms with Gasteiger partial charge < -0.3 is 4.74 Å². The zero-order valence-corrected chi connectivity index (χ0v) is 8.00. The monoisotopic (exact) mass is 198 g/mol. The number of hydrogen-bond donors (Lipinski definition) is 0. The summed E-state index contributed by atoms with van der Waals surface area (Å²) in [6.45, 7) is 0.721. The van der Waals surface area contributed by atoms with Crippen molar-refractivity contribution in [3.8, 4) is 5.88 Å². The Bertz CT molecular complexity index is 289. The van der Waals surface area contributed by atoms with E-state index in [0.717, 1.165) is 6.61 Å². The van der Waals surface area contributed by atoms with Gasteiger partial charge in [-0.25, -0.2) is 9.97 Å². The van der Waals surface area contributed by atoms with E-state index in [1.54, 1.807) is 12.4 Å². The molecular weight excluding hydrogens is 188 g/mol. The molecule has 0 aliphatic heterocycles. The summed E-state index contributed by atoms with van der Waals surface area (Å²) in [5.74, 6) is 1.15. The zero-order valence-electron chi connectivity index (χ0n) is 7.24. The van der Waals surface area contributed by atoms with Crippen LogP contribution in [0.25, 0.3) is 0 Å². The molecule has 1 saturated carbocycles. The fourth-order valence-electron chi connectivity index (χ4n) is 1.26. The highest BCUT2D eigenvalue weighted by Gasteiger charge is 2.18. The molecule has 4 heteroatoms. The van der Waals surface area contributed by atoms with Crippen molar-refractivity contribution in [2.24, 2.45) is 5.92 Å². The van der Waals surface area contributed by atoms with Gasteiger partial charge in [0.15, 0.2) is 5.15 Å². The van der Waals surface area contributed by atoms with Crippen LogP contribution in [0.1, 0.15) is 19.3 Å². The van der Waals surface area contributed by atoms with Crippen LogP contribution in [0.2, 0.25) is 5.15 Å². The van der Waals surface area contributed by atoms with Gasteiger partial charge in [0.1, 0.15) is 0 Å². The van der Waals surface area contributed by atoms with E-state index < -0.39 is 0 Å². The van der Waals surface area contributed by atoms with E-state index in [0.29, 0.717) is 17.0 Å². The summed E-state index contributed by atoms with van der Waals surface area (Å²) in [4.78, 5) is 7.87. The van der Waals surface area contributed by atoms with Crippen LogP contribution in [-0.4, -0.2) is 16.6 Å². The minimum absolute atomic E-state index is 0.349. The molecule has 3 nitrogen and oxygen atoms in total. The van der Waals surface area contributed by atoms with E-state index in [1.807, 2.05) is 0 Å². The lowest BCUT2D eigenvalue weighted by Crippen LogP contribution is -2.19. The SMILES string of the molecule is Clc1nccnc1OCC1CCC1. The zero-order chi connectivity index (χ0) is 9.10. The molecule has 1 aliphatic carbocycles. The third kappa shape index (κ3) is 2.10. The Balaban J connectivity index is 1.89. The van der Waals surface area contributed by atoms with Crippen LogP contribution >= 0.6 is 11.6 Å². The van der Waals surface area contributed by atoms with Gasteiger partial charge in [-0.3, -0.25) is 0 Å². The van der Waals surface area contributed by atoms with Gasteiger partial charge in [0.05, 0.1) is 6.61 Å². The highest BCUT2D eigenvalue weighted by atomic mass is 35.5. The summed E-state index contributed by atoms with van der Waals surface area (Å²) < 4.78 is 5.44. The predicted octanol–water partition coefficient (Wildman–Crippen LogP) is 2.31. The average Bonchev–Trinajstić information content (AvgIpc) is 2.05. The molecule has 0 atom stereocenters. The Hall–Kier alpha value is -0.830. The maximum Gasteiger partial charge on any atom is 0.252 e. The maximum absolute atomic E-state index is 5.77. The second kappa shape index (κ2) is 3.92. The number of aromatic nitrogens is 2. The Morgan fingerprint density at radius 3 is 2.77 bits per heavy atom. The third-order valence-electron chi connectivity index (χ3n) is 2.30. The van der Waals surface area contributed by atoms with Crippen molar-refractivity contribution in [1.82, 2.24) is 9.97 Å². The van der Waals surface area contributed by atoms with E-state index in [1.165, 1.54) is 19.3 Å². The minimum Gasteiger partial charge on any atom is -0.475 e. The predicted molar refractivity (Wildman–Crippen MR) is 49.9 cm³/mol. The maximum atomic E-state index is 5.77. The molecular formula is C9H11ClN2O. The normalized spacial score (nSPS) is 16.7. The minimum atomic E-state index is 0.349. The molecule has 2 rings (SSSR count). The lowest BCUT2D eigenvalue weighted by Gasteiger charge is -2.24. The Morgan fingerprint density at radius 2 is 2.15 bits per heavy atom. The first-order chi connectivity index (χ1) is 6.36. The lowest BCUT2D eigenvalue weighted by molar-refractivity contribution is 0.175. The van der Waals surface area contributed by atoms with Crippen molar-refractivity contribution >= 4 is 11.6 Å². The van der Waals surface area contributed by atoms with Crippen molar-refractivity contribution in [1.29, 1.82) is 0 Å². The van der Waals surface area contributed by atoms with Crippen molar-refractivity contribution in [2.45, 2.75) is 19.3 Å². The van der Waals surface area contributed by atoms with Gasteiger partial charge in [0, 0.05) is 12.4 Å². The van der Waals surface area contributed by atoms with Crippen molar-refractivity contribution in [3.63, 3.8) is 0 Å². The molecule has 0 amide bonds. The first-order valence-electron chi connectivity index (χ1n) is 4.45. The highest BCUT2D eigenvalue weighted by Crippen LogP contribution is 2.27. The highest BCUT2D eigenvalue weighted by molar-refractivity contribution is 6.30. The molecule has 1 heterocycles.